The van der Waals surface area contributed by atoms with Crippen LogP contribution in [0.1, 0.15) is 34.9 Å². The SMILES string of the molecule is Cc1ccc(C)c(N2N=C(C(=O)NCC(c3cccs3)N(C)C)CCC2=O)c1. The fourth-order valence-corrected chi connectivity index (χ4v) is 4.09. The molecule has 28 heavy (non-hydrogen) atoms. The summed E-state index contributed by atoms with van der Waals surface area (Å²) in [6, 6.07) is 10.1. The Labute approximate surface area is 169 Å². The van der Waals surface area contributed by atoms with Crippen LogP contribution in [0.15, 0.2) is 40.8 Å². The van der Waals surface area contributed by atoms with Crippen LogP contribution in [0.3, 0.4) is 0 Å². The number of hydrogen-bond donors (Lipinski definition) is 1. The molecule has 2 heterocycles. The van der Waals surface area contributed by atoms with Gasteiger partial charge in [0.05, 0.1) is 11.7 Å². The smallest absolute Gasteiger partial charge is 0.267 e. The Hall–Kier alpha value is -2.51. The van der Waals surface area contributed by atoms with Crippen molar-refractivity contribution in [1.29, 1.82) is 0 Å². The van der Waals surface area contributed by atoms with Crippen LogP contribution in [0, 0.1) is 13.8 Å². The van der Waals surface area contributed by atoms with Gasteiger partial charge in [0.25, 0.3) is 5.91 Å². The molecule has 0 aliphatic carbocycles. The molecule has 0 saturated carbocycles. The number of anilines is 1. The second kappa shape index (κ2) is 8.67. The number of hydrogen-bond acceptors (Lipinski definition) is 5. The number of carbonyl (C=O) groups is 2. The van der Waals surface area contributed by atoms with Crippen LogP contribution >= 0.6 is 11.3 Å². The number of nitrogens with zero attached hydrogens (tertiary/aromatic N) is 3. The number of carbonyl (C=O) groups excluding carboxylic acids is 2. The molecule has 1 aliphatic heterocycles. The lowest BCUT2D eigenvalue weighted by atomic mass is 10.1. The molecule has 1 aromatic heterocycles. The van der Waals surface area contributed by atoms with E-state index in [1.165, 1.54) is 9.89 Å². The first-order valence-corrected chi connectivity index (χ1v) is 10.2. The summed E-state index contributed by atoms with van der Waals surface area (Å²) in [6.45, 7) is 4.40. The zero-order chi connectivity index (χ0) is 20.3. The average molecular weight is 399 g/mol. The van der Waals surface area contributed by atoms with Gasteiger partial charge in [0, 0.05) is 24.3 Å². The minimum absolute atomic E-state index is 0.0880. The molecule has 1 unspecified atom stereocenters. The van der Waals surface area contributed by atoms with Gasteiger partial charge < -0.3 is 10.2 Å². The van der Waals surface area contributed by atoms with E-state index >= 15 is 0 Å². The molecule has 1 aliphatic rings. The van der Waals surface area contributed by atoms with Gasteiger partial charge in [0.2, 0.25) is 5.91 Å². The van der Waals surface area contributed by atoms with E-state index in [2.05, 4.69) is 21.4 Å². The highest BCUT2D eigenvalue weighted by molar-refractivity contribution is 7.10. The normalized spacial score (nSPS) is 15.5. The molecule has 7 heteroatoms. The first-order chi connectivity index (χ1) is 13.4. The topological polar surface area (TPSA) is 65.0 Å². The van der Waals surface area contributed by atoms with E-state index in [0.717, 1.165) is 16.8 Å². The van der Waals surface area contributed by atoms with Gasteiger partial charge in [-0.3, -0.25) is 9.59 Å². The highest BCUT2D eigenvalue weighted by atomic mass is 32.1. The molecule has 1 atom stereocenters. The third-order valence-electron chi connectivity index (χ3n) is 4.84. The summed E-state index contributed by atoms with van der Waals surface area (Å²) in [6.07, 6.45) is 0.638. The second-order valence-electron chi connectivity index (χ2n) is 7.25. The number of rotatable bonds is 6. The van der Waals surface area contributed by atoms with Gasteiger partial charge in [-0.1, -0.05) is 18.2 Å². The van der Waals surface area contributed by atoms with E-state index in [0.29, 0.717) is 18.7 Å². The Morgan fingerprint density at radius 3 is 2.75 bits per heavy atom. The number of aryl methyl sites for hydroxylation is 2. The van der Waals surface area contributed by atoms with Crippen molar-refractivity contribution in [2.45, 2.75) is 32.7 Å². The van der Waals surface area contributed by atoms with Gasteiger partial charge in [-0.05, 0) is 56.6 Å². The van der Waals surface area contributed by atoms with Gasteiger partial charge in [0.1, 0.15) is 5.71 Å². The van der Waals surface area contributed by atoms with E-state index in [1.807, 2.05) is 57.6 Å². The van der Waals surface area contributed by atoms with E-state index in [4.69, 9.17) is 0 Å². The molecular formula is C21H26N4O2S. The number of nitrogens with one attached hydrogen (secondary N) is 1. The van der Waals surface area contributed by atoms with Gasteiger partial charge >= 0.3 is 0 Å². The molecule has 3 rings (SSSR count). The van der Waals surface area contributed by atoms with Crippen molar-refractivity contribution >= 4 is 34.6 Å². The maximum Gasteiger partial charge on any atom is 0.267 e. The van der Waals surface area contributed by atoms with Crippen LogP contribution in [0.4, 0.5) is 5.69 Å². The summed E-state index contributed by atoms with van der Waals surface area (Å²) in [5, 5.41) is 10.8. The lowest BCUT2D eigenvalue weighted by Crippen LogP contribution is -2.41. The molecule has 0 saturated heterocycles. The predicted octanol–water partition coefficient (Wildman–Crippen LogP) is 3.27. The summed E-state index contributed by atoms with van der Waals surface area (Å²) < 4.78 is 0. The van der Waals surface area contributed by atoms with Crippen LogP contribution in [0.25, 0.3) is 0 Å². The Kier molecular flexibility index (Phi) is 6.26. The molecule has 0 fully saturated rings. The third-order valence-corrected chi connectivity index (χ3v) is 5.81. The molecule has 2 amide bonds. The van der Waals surface area contributed by atoms with Gasteiger partial charge in [-0.15, -0.1) is 11.3 Å². The Balaban J connectivity index is 1.75. The largest absolute Gasteiger partial charge is 0.349 e. The number of hydrazone groups is 1. The van der Waals surface area contributed by atoms with Crippen molar-refractivity contribution < 1.29 is 9.59 Å². The number of thiophene rings is 1. The zero-order valence-corrected chi connectivity index (χ0v) is 17.5. The minimum Gasteiger partial charge on any atom is -0.349 e. The Bertz CT molecular complexity index is 890. The average Bonchev–Trinajstić information content (AvgIpc) is 3.18. The first kappa shape index (κ1) is 20.2. The molecule has 6 nitrogen and oxygen atoms in total. The second-order valence-corrected chi connectivity index (χ2v) is 8.23. The van der Waals surface area contributed by atoms with Crippen LogP contribution in [-0.2, 0) is 9.59 Å². The Morgan fingerprint density at radius 2 is 2.07 bits per heavy atom. The van der Waals surface area contributed by atoms with Crippen molar-refractivity contribution in [2.75, 3.05) is 25.6 Å². The van der Waals surface area contributed by atoms with Crippen molar-refractivity contribution in [2.24, 2.45) is 5.10 Å². The fourth-order valence-electron chi connectivity index (χ4n) is 3.16. The number of amides is 2. The Morgan fingerprint density at radius 1 is 1.29 bits per heavy atom. The van der Waals surface area contributed by atoms with E-state index in [1.54, 1.807) is 11.3 Å². The van der Waals surface area contributed by atoms with Crippen LogP contribution < -0.4 is 10.3 Å². The molecule has 148 valence electrons. The molecular weight excluding hydrogens is 372 g/mol. The number of benzene rings is 1. The van der Waals surface area contributed by atoms with E-state index in [-0.39, 0.29) is 24.3 Å². The third kappa shape index (κ3) is 4.48. The minimum atomic E-state index is -0.216. The van der Waals surface area contributed by atoms with Crippen molar-refractivity contribution in [1.82, 2.24) is 10.2 Å². The first-order valence-electron chi connectivity index (χ1n) is 9.32. The van der Waals surface area contributed by atoms with Crippen LogP contribution in [0.5, 0.6) is 0 Å². The fraction of sp³-hybridized carbons (Fsp3) is 0.381. The van der Waals surface area contributed by atoms with Crippen molar-refractivity contribution in [3.8, 4) is 0 Å². The summed E-state index contributed by atoms with van der Waals surface area (Å²) in [7, 11) is 3.99. The molecule has 1 N–H and O–H groups in total. The van der Waals surface area contributed by atoms with Gasteiger partial charge in [-0.25, -0.2) is 5.01 Å². The summed E-state index contributed by atoms with van der Waals surface area (Å²) >= 11 is 1.67. The molecule has 0 bridgehead atoms. The van der Waals surface area contributed by atoms with Crippen molar-refractivity contribution in [3.05, 3.63) is 51.7 Å². The molecule has 2 aromatic rings. The summed E-state index contributed by atoms with van der Waals surface area (Å²) in [5.41, 5.74) is 3.13. The van der Waals surface area contributed by atoms with Gasteiger partial charge in [0.15, 0.2) is 0 Å². The molecule has 1 aromatic carbocycles. The highest BCUT2D eigenvalue weighted by Crippen LogP contribution is 2.26. The predicted molar refractivity (Wildman–Crippen MR) is 114 cm³/mol. The van der Waals surface area contributed by atoms with Crippen LogP contribution in [-0.4, -0.2) is 43.1 Å². The standard InChI is InChI=1S/C21H26N4O2S/c1-14-7-8-15(2)17(12-14)25-20(26)10-9-16(23-25)21(27)22-13-18(24(3)4)19-6-5-11-28-19/h5-8,11-12,18H,9-10,13H2,1-4H3,(H,22,27). The molecule has 0 radical (unpaired) electrons. The highest BCUT2D eigenvalue weighted by Gasteiger charge is 2.27. The van der Waals surface area contributed by atoms with E-state index < -0.39 is 0 Å². The summed E-state index contributed by atoms with van der Waals surface area (Å²) in [5.74, 6) is -0.304. The summed E-state index contributed by atoms with van der Waals surface area (Å²) in [4.78, 5) is 28.4. The maximum atomic E-state index is 12.7. The zero-order valence-electron chi connectivity index (χ0n) is 16.7. The van der Waals surface area contributed by atoms with Gasteiger partial charge in [-0.2, -0.15) is 5.10 Å². The maximum absolute atomic E-state index is 12.7. The van der Waals surface area contributed by atoms with Crippen molar-refractivity contribution in [3.63, 3.8) is 0 Å². The lowest BCUT2D eigenvalue weighted by Gasteiger charge is -2.26. The quantitative estimate of drug-likeness (QED) is 0.812. The lowest BCUT2D eigenvalue weighted by molar-refractivity contribution is -0.119. The number of likely N-dealkylation sites (N-methyl/N-ethyl adjacent to an activating group) is 1. The van der Waals surface area contributed by atoms with Crippen LogP contribution in [0.2, 0.25) is 0 Å². The molecule has 0 spiro atoms. The van der Waals surface area contributed by atoms with E-state index in [9.17, 15) is 9.59 Å². The monoisotopic (exact) mass is 398 g/mol.